The molecule has 2 aromatic rings. The average molecular weight is 369 g/mol. The van der Waals surface area contributed by atoms with Gasteiger partial charge in [-0.25, -0.2) is 0 Å². The molecule has 1 saturated carbocycles. The van der Waals surface area contributed by atoms with E-state index in [4.69, 9.17) is 9.47 Å². The van der Waals surface area contributed by atoms with E-state index in [9.17, 15) is 5.11 Å². The van der Waals surface area contributed by atoms with Crippen molar-refractivity contribution >= 4 is 13.3 Å². The molecule has 0 spiro atoms. The van der Waals surface area contributed by atoms with Crippen LogP contribution in [-0.2, 0) is 16.1 Å². The molecule has 4 unspecified atom stereocenters. The number of epoxide rings is 1. The maximum Gasteiger partial charge on any atom is 0.123 e. The topological polar surface area (TPSA) is 42.0 Å². The first kappa shape index (κ1) is 17.9. The Morgan fingerprint density at radius 3 is 2.38 bits per heavy atom. The Balaban J connectivity index is 1.51. The molecule has 4 atom stereocenters. The Morgan fingerprint density at radius 1 is 1.08 bits per heavy atom. The standard InChI is InChI=1S/C22H28O3Si/c1-26(2,18-11-7-4-8-12-18)20-13-21-22(16-23,25-21)19(20)15-24-14-17-9-5-3-6-10-17/h3-12,19-21,23H,13-16H2,1-2H3. The van der Waals surface area contributed by atoms with E-state index in [-0.39, 0.29) is 24.2 Å². The van der Waals surface area contributed by atoms with Gasteiger partial charge in [0.25, 0.3) is 0 Å². The molecule has 2 aromatic carbocycles. The van der Waals surface area contributed by atoms with Gasteiger partial charge in [-0.3, -0.25) is 0 Å². The highest BCUT2D eigenvalue weighted by Gasteiger charge is 2.70. The van der Waals surface area contributed by atoms with Crippen molar-refractivity contribution in [1.82, 2.24) is 0 Å². The van der Waals surface area contributed by atoms with E-state index >= 15 is 0 Å². The molecule has 26 heavy (non-hydrogen) atoms. The van der Waals surface area contributed by atoms with Crippen LogP contribution >= 0.6 is 0 Å². The zero-order valence-electron chi connectivity index (χ0n) is 15.6. The van der Waals surface area contributed by atoms with E-state index in [0.29, 0.717) is 18.8 Å². The zero-order valence-corrected chi connectivity index (χ0v) is 16.6. The number of ether oxygens (including phenoxy) is 2. The van der Waals surface area contributed by atoms with E-state index in [0.717, 1.165) is 6.42 Å². The number of hydrogen-bond acceptors (Lipinski definition) is 3. The first-order valence-electron chi connectivity index (χ1n) is 9.54. The quantitative estimate of drug-likeness (QED) is 0.602. The third-order valence-corrected chi connectivity index (χ3v) is 10.8. The number of rotatable bonds is 7. The highest BCUT2D eigenvalue weighted by molar-refractivity contribution is 6.91. The van der Waals surface area contributed by atoms with Crippen molar-refractivity contribution in [2.24, 2.45) is 5.92 Å². The molecule has 4 heteroatoms. The highest BCUT2D eigenvalue weighted by Crippen LogP contribution is 2.61. The second-order valence-corrected chi connectivity index (χ2v) is 13.0. The van der Waals surface area contributed by atoms with Crippen molar-refractivity contribution in [3.05, 3.63) is 66.2 Å². The Morgan fingerprint density at radius 2 is 1.73 bits per heavy atom. The summed E-state index contributed by atoms with van der Waals surface area (Å²) in [4.78, 5) is 0. The maximum absolute atomic E-state index is 10.0. The maximum atomic E-state index is 10.0. The van der Waals surface area contributed by atoms with E-state index in [1.54, 1.807) is 0 Å². The number of benzene rings is 2. The lowest BCUT2D eigenvalue weighted by Gasteiger charge is -2.37. The largest absolute Gasteiger partial charge is 0.393 e. The van der Waals surface area contributed by atoms with Gasteiger partial charge in [-0.15, -0.1) is 0 Å². The summed E-state index contributed by atoms with van der Waals surface area (Å²) in [7, 11) is -1.68. The van der Waals surface area contributed by atoms with Crippen LogP contribution in [0.25, 0.3) is 0 Å². The summed E-state index contributed by atoms with van der Waals surface area (Å²) in [6, 6.07) is 21.2. The molecule has 1 aliphatic carbocycles. The van der Waals surface area contributed by atoms with Gasteiger partial charge in [0, 0.05) is 5.92 Å². The summed E-state index contributed by atoms with van der Waals surface area (Å²) in [5.74, 6) is 0.267. The Bertz CT molecular complexity index is 730. The van der Waals surface area contributed by atoms with Crippen LogP contribution in [0.15, 0.2) is 60.7 Å². The van der Waals surface area contributed by atoms with Gasteiger partial charge in [0.15, 0.2) is 0 Å². The third-order valence-electron chi connectivity index (χ3n) is 6.53. The molecule has 2 aliphatic rings. The second-order valence-electron chi connectivity index (χ2n) is 8.26. The molecule has 1 aliphatic heterocycles. The predicted molar refractivity (Wildman–Crippen MR) is 106 cm³/mol. The summed E-state index contributed by atoms with van der Waals surface area (Å²) < 4.78 is 12.1. The van der Waals surface area contributed by atoms with E-state index in [2.05, 4.69) is 55.6 Å². The van der Waals surface area contributed by atoms with Gasteiger partial charge in [0.1, 0.15) is 5.60 Å². The minimum Gasteiger partial charge on any atom is -0.393 e. The molecular formula is C22H28O3Si. The minimum atomic E-state index is -1.68. The summed E-state index contributed by atoms with van der Waals surface area (Å²) in [5.41, 5.74) is 1.39. The smallest absolute Gasteiger partial charge is 0.123 e. The number of hydrogen-bond donors (Lipinski definition) is 1. The van der Waals surface area contributed by atoms with Crippen LogP contribution < -0.4 is 5.19 Å². The molecule has 1 saturated heterocycles. The zero-order chi connectivity index (χ0) is 18.2. The summed E-state index contributed by atoms with van der Waals surface area (Å²) in [6.45, 7) is 6.27. The van der Waals surface area contributed by atoms with Crippen LogP contribution in [0.1, 0.15) is 12.0 Å². The number of fused-ring (bicyclic) bond motifs is 1. The molecule has 2 fully saturated rings. The molecule has 4 rings (SSSR count). The molecule has 3 nitrogen and oxygen atoms in total. The Labute approximate surface area is 157 Å². The van der Waals surface area contributed by atoms with Crippen molar-refractivity contribution in [3.63, 3.8) is 0 Å². The van der Waals surface area contributed by atoms with Gasteiger partial charge in [-0.05, 0) is 17.5 Å². The first-order chi connectivity index (χ1) is 12.6. The normalized spacial score (nSPS) is 30.2. The molecule has 1 N–H and O–H groups in total. The monoisotopic (exact) mass is 368 g/mol. The van der Waals surface area contributed by atoms with Crippen LogP contribution in [0.2, 0.25) is 18.6 Å². The Kier molecular flexibility index (Phi) is 4.78. The van der Waals surface area contributed by atoms with Gasteiger partial charge < -0.3 is 14.6 Å². The second kappa shape index (κ2) is 6.93. The van der Waals surface area contributed by atoms with E-state index in [1.807, 2.05) is 18.2 Å². The number of aliphatic hydroxyl groups is 1. The molecule has 0 aromatic heterocycles. The lowest BCUT2D eigenvalue weighted by molar-refractivity contribution is 0.0281. The third kappa shape index (κ3) is 3.05. The van der Waals surface area contributed by atoms with E-state index in [1.165, 1.54) is 10.8 Å². The van der Waals surface area contributed by atoms with Crippen LogP contribution in [-0.4, -0.2) is 38.1 Å². The molecule has 0 radical (unpaired) electrons. The summed E-state index contributed by atoms with van der Waals surface area (Å²) in [5, 5.41) is 11.5. The van der Waals surface area contributed by atoms with Gasteiger partial charge in [0.05, 0.1) is 34.0 Å². The SMILES string of the molecule is C[Si](C)(c1ccccc1)C1CC2OC2(CO)C1COCc1ccccc1. The van der Waals surface area contributed by atoms with Crippen LogP contribution in [0.5, 0.6) is 0 Å². The molecule has 0 bridgehead atoms. The van der Waals surface area contributed by atoms with Crippen molar-refractivity contribution in [2.75, 3.05) is 13.2 Å². The van der Waals surface area contributed by atoms with Gasteiger partial charge in [-0.2, -0.15) is 0 Å². The fraction of sp³-hybridized carbons (Fsp3) is 0.455. The average Bonchev–Trinajstić information content (AvgIpc) is 3.31. The van der Waals surface area contributed by atoms with Crippen molar-refractivity contribution in [2.45, 2.75) is 43.4 Å². The summed E-state index contributed by atoms with van der Waals surface area (Å²) in [6.07, 6.45) is 1.26. The van der Waals surface area contributed by atoms with E-state index < -0.39 is 8.07 Å². The van der Waals surface area contributed by atoms with Crippen LogP contribution in [0.4, 0.5) is 0 Å². The van der Waals surface area contributed by atoms with Crippen LogP contribution in [0.3, 0.4) is 0 Å². The van der Waals surface area contributed by atoms with Crippen molar-refractivity contribution < 1.29 is 14.6 Å². The lowest BCUT2D eigenvalue weighted by atomic mass is 9.96. The predicted octanol–water partition coefficient (Wildman–Crippen LogP) is 3.34. The van der Waals surface area contributed by atoms with Gasteiger partial charge >= 0.3 is 0 Å². The van der Waals surface area contributed by atoms with Gasteiger partial charge in [0.2, 0.25) is 0 Å². The molecule has 0 amide bonds. The molecule has 1 heterocycles. The minimum absolute atomic E-state index is 0.104. The lowest BCUT2D eigenvalue weighted by Crippen LogP contribution is -2.50. The fourth-order valence-corrected chi connectivity index (χ4v) is 8.48. The number of aliphatic hydroxyl groups excluding tert-OH is 1. The van der Waals surface area contributed by atoms with Crippen molar-refractivity contribution in [3.8, 4) is 0 Å². The summed E-state index contributed by atoms with van der Waals surface area (Å²) >= 11 is 0. The Hall–Kier alpha value is -1.46. The molecule has 138 valence electrons. The first-order valence-corrected chi connectivity index (χ1v) is 12.6. The highest BCUT2D eigenvalue weighted by atomic mass is 28.3. The van der Waals surface area contributed by atoms with Crippen molar-refractivity contribution in [1.29, 1.82) is 0 Å². The molecular weight excluding hydrogens is 340 g/mol. The fourth-order valence-electron chi connectivity index (χ4n) is 4.81. The van der Waals surface area contributed by atoms with Gasteiger partial charge in [-0.1, -0.05) is 78.9 Å². The van der Waals surface area contributed by atoms with Crippen LogP contribution in [0, 0.1) is 5.92 Å².